The number of carbonyl (C=O) groups excluding carboxylic acids is 1. The molecule has 0 saturated carbocycles. The third-order valence-electron chi connectivity index (χ3n) is 5.39. The molecule has 1 saturated heterocycles. The van der Waals surface area contributed by atoms with Crippen molar-refractivity contribution in [2.45, 2.75) is 38.8 Å². The molecule has 2 heterocycles. The van der Waals surface area contributed by atoms with Crippen LogP contribution in [0.5, 0.6) is 11.5 Å². The molecule has 1 atom stereocenters. The third kappa shape index (κ3) is 3.47. The number of rotatable bonds is 3. The van der Waals surface area contributed by atoms with Gasteiger partial charge in [-0.2, -0.15) is 0 Å². The number of hydrogen-bond donors (Lipinski definition) is 1. The fourth-order valence-corrected chi connectivity index (χ4v) is 3.76. The monoisotopic (exact) mass is 367 g/mol. The van der Waals surface area contributed by atoms with Gasteiger partial charge in [0.15, 0.2) is 5.76 Å². The summed E-state index contributed by atoms with van der Waals surface area (Å²) in [5.74, 6) is 0.216. The lowest BCUT2D eigenvalue weighted by molar-refractivity contribution is 0.101. The Bertz CT molecular complexity index is 905. The number of allylic oxidation sites excluding steroid dienone is 1. The van der Waals surface area contributed by atoms with Gasteiger partial charge in [0, 0.05) is 12.6 Å². The number of Topliss-reactive ketones (excluding diaryl/α,β-unsaturated/α-hetero) is 1. The topological polar surface area (TPSA) is 49.8 Å². The molecule has 4 rings (SSSR count). The highest BCUT2D eigenvalue weighted by molar-refractivity contribution is 6.15. The molecule has 2 aliphatic rings. The van der Waals surface area contributed by atoms with Crippen LogP contribution in [0.15, 0.2) is 42.2 Å². The minimum absolute atomic E-state index is 0.141. The van der Waals surface area contributed by atoms with Crippen molar-refractivity contribution in [1.82, 2.24) is 4.90 Å². The van der Waals surface area contributed by atoms with Crippen molar-refractivity contribution in [3.63, 3.8) is 0 Å². The molecule has 0 bridgehead atoms. The maximum atomic E-state index is 13.1. The molecular weight excluding hydrogens is 345 g/mol. The normalized spacial score (nSPS) is 21.3. The number of likely N-dealkylation sites (tertiary alicyclic amines) is 1. The molecule has 2 aromatic carbocycles. The summed E-state index contributed by atoms with van der Waals surface area (Å²) in [6, 6.07) is 9.46. The van der Waals surface area contributed by atoms with E-state index in [0.717, 1.165) is 19.4 Å². The Morgan fingerprint density at radius 1 is 1.22 bits per heavy atom. The van der Waals surface area contributed by atoms with E-state index in [1.54, 1.807) is 30.3 Å². The Labute approximate surface area is 157 Å². The molecule has 2 aromatic rings. The number of aromatic hydroxyl groups is 1. The van der Waals surface area contributed by atoms with Crippen LogP contribution in [-0.2, 0) is 6.54 Å². The van der Waals surface area contributed by atoms with Crippen molar-refractivity contribution in [3.8, 4) is 11.5 Å². The zero-order chi connectivity index (χ0) is 19.0. The van der Waals surface area contributed by atoms with Crippen LogP contribution in [0, 0.1) is 5.82 Å². The van der Waals surface area contributed by atoms with Crippen molar-refractivity contribution < 1.29 is 19.0 Å². The van der Waals surface area contributed by atoms with Crippen molar-refractivity contribution in [3.05, 3.63) is 64.7 Å². The molecule has 2 aliphatic heterocycles. The predicted octanol–water partition coefficient (Wildman–Crippen LogP) is 4.52. The van der Waals surface area contributed by atoms with Gasteiger partial charge in [-0.3, -0.25) is 9.69 Å². The van der Waals surface area contributed by atoms with Crippen molar-refractivity contribution in [2.24, 2.45) is 0 Å². The van der Waals surface area contributed by atoms with E-state index in [4.69, 9.17) is 4.74 Å². The van der Waals surface area contributed by atoms with Crippen LogP contribution in [0.2, 0.25) is 0 Å². The zero-order valence-corrected chi connectivity index (χ0v) is 15.2. The van der Waals surface area contributed by atoms with Gasteiger partial charge in [-0.1, -0.05) is 18.6 Å². The zero-order valence-electron chi connectivity index (χ0n) is 15.2. The second-order valence-corrected chi connectivity index (χ2v) is 7.25. The number of ether oxygens (including phenoxy) is 1. The fourth-order valence-electron chi connectivity index (χ4n) is 3.76. The molecular formula is C22H22FNO3. The second-order valence-electron chi connectivity index (χ2n) is 7.25. The largest absolute Gasteiger partial charge is 0.507 e. The van der Waals surface area contributed by atoms with Crippen LogP contribution in [0.3, 0.4) is 0 Å². The molecule has 140 valence electrons. The number of hydrogen-bond acceptors (Lipinski definition) is 4. The maximum absolute atomic E-state index is 13.1. The number of fused-ring (bicyclic) bond motifs is 1. The third-order valence-corrected chi connectivity index (χ3v) is 5.39. The second kappa shape index (κ2) is 7.16. The first kappa shape index (κ1) is 17.7. The summed E-state index contributed by atoms with van der Waals surface area (Å²) in [5.41, 5.74) is 1.79. The summed E-state index contributed by atoms with van der Waals surface area (Å²) in [4.78, 5) is 15.0. The van der Waals surface area contributed by atoms with Crippen LogP contribution in [0.1, 0.15) is 47.7 Å². The van der Waals surface area contributed by atoms with Crippen LogP contribution >= 0.6 is 0 Å². The number of carbonyl (C=O) groups is 1. The van der Waals surface area contributed by atoms with E-state index in [9.17, 15) is 14.3 Å². The first-order valence-corrected chi connectivity index (χ1v) is 9.31. The van der Waals surface area contributed by atoms with Crippen LogP contribution in [0.4, 0.5) is 4.39 Å². The van der Waals surface area contributed by atoms with Crippen LogP contribution in [0.25, 0.3) is 6.08 Å². The highest BCUT2D eigenvalue weighted by Gasteiger charge is 2.32. The van der Waals surface area contributed by atoms with E-state index in [-0.39, 0.29) is 23.1 Å². The Balaban J connectivity index is 1.65. The quantitative estimate of drug-likeness (QED) is 0.811. The van der Waals surface area contributed by atoms with Gasteiger partial charge < -0.3 is 9.84 Å². The highest BCUT2D eigenvalue weighted by atomic mass is 19.1. The van der Waals surface area contributed by atoms with Crippen molar-refractivity contribution >= 4 is 11.9 Å². The molecule has 0 unspecified atom stereocenters. The number of ketones is 1. The molecule has 0 aliphatic carbocycles. The maximum Gasteiger partial charge on any atom is 0.231 e. The van der Waals surface area contributed by atoms with E-state index < -0.39 is 0 Å². The summed E-state index contributed by atoms with van der Waals surface area (Å²) >= 11 is 0. The van der Waals surface area contributed by atoms with Gasteiger partial charge in [0.1, 0.15) is 17.3 Å². The van der Waals surface area contributed by atoms with Crippen molar-refractivity contribution in [1.29, 1.82) is 0 Å². The van der Waals surface area contributed by atoms with E-state index in [0.29, 0.717) is 35.0 Å². The lowest BCUT2D eigenvalue weighted by atomic mass is 10.0. The van der Waals surface area contributed by atoms with Gasteiger partial charge in [-0.25, -0.2) is 4.39 Å². The molecule has 1 N–H and O–H groups in total. The van der Waals surface area contributed by atoms with Gasteiger partial charge in [0.2, 0.25) is 5.78 Å². The van der Waals surface area contributed by atoms with E-state index in [1.165, 1.54) is 18.6 Å². The van der Waals surface area contributed by atoms with Crippen LogP contribution in [-0.4, -0.2) is 28.4 Å². The smallest absolute Gasteiger partial charge is 0.231 e. The molecule has 27 heavy (non-hydrogen) atoms. The summed E-state index contributed by atoms with van der Waals surface area (Å²) in [6.07, 6.45) is 5.09. The lowest BCUT2D eigenvalue weighted by Gasteiger charge is -2.33. The first-order chi connectivity index (χ1) is 13.0. The lowest BCUT2D eigenvalue weighted by Crippen LogP contribution is -2.36. The Kier molecular flexibility index (Phi) is 4.70. The number of phenols is 1. The Morgan fingerprint density at radius 3 is 2.74 bits per heavy atom. The average molecular weight is 367 g/mol. The fraction of sp³-hybridized carbons (Fsp3) is 0.318. The standard InChI is InChI=1S/C22H22FNO3/c1-14-4-2-3-11-24(14)13-18-19(25)10-9-17-21(26)20(27-22(17)18)12-15-5-7-16(23)8-6-15/h5-10,12,14,25H,2-4,11,13H2,1H3/b20-12-/t14-/m0/s1. The number of piperidine rings is 1. The number of phenolic OH excluding ortho intramolecular Hbond substituents is 1. The Morgan fingerprint density at radius 2 is 2.00 bits per heavy atom. The number of benzene rings is 2. The van der Waals surface area contributed by atoms with Gasteiger partial charge in [0.25, 0.3) is 0 Å². The number of nitrogens with zero attached hydrogens (tertiary/aromatic N) is 1. The van der Waals surface area contributed by atoms with E-state index in [2.05, 4.69) is 11.8 Å². The molecule has 5 heteroatoms. The van der Waals surface area contributed by atoms with Crippen molar-refractivity contribution in [2.75, 3.05) is 6.54 Å². The number of halogens is 1. The molecule has 1 fully saturated rings. The van der Waals surface area contributed by atoms with Gasteiger partial charge in [-0.05, 0) is 62.2 Å². The summed E-state index contributed by atoms with van der Waals surface area (Å²) < 4.78 is 19.0. The first-order valence-electron chi connectivity index (χ1n) is 9.31. The van der Waals surface area contributed by atoms with Gasteiger partial charge in [0.05, 0.1) is 11.1 Å². The van der Waals surface area contributed by atoms with E-state index >= 15 is 0 Å². The molecule has 0 spiro atoms. The molecule has 0 radical (unpaired) electrons. The minimum atomic E-state index is -0.332. The van der Waals surface area contributed by atoms with Gasteiger partial charge >= 0.3 is 0 Å². The summed E-state index contributed by atoms with van der Waals surface area (Å²) in [6.45, 7) is 3.70. The molecule has 0 aromatic heterocycles. The molecule has 4 nitrogen and oxygen atoms in total. The predicted molar refractivity (Wildman–Crippen MR) is 101 cm³/mol. The minimum Gasteiger partial charge on any atom is -0.507 e. The molecule has 0 amide bonds. The van der Waals surface area contributed by atoms with Gasteiger partial charge in [-0.15, -0.1) is 0 Å². The van der Waals surface area contributed by atoms with E-state index in [1.807, 2.05) is 0 Å². The summed E-state index contributed by atoms with van der Waals surface area (Å²) in [5, 5.41) is 10.4. The Hall–Kier alpha value is -2.66. The SMILES string of the molecule is C[C@H]1CCCCN1Cc1c(O)ccc2c1O/C(=C\c1ccc(F)cc1)C2=O. The average Bonchev–Trinajstić information content (AvgIpc) is 2.97. The van der Waals surface area contributed by atoms with Crippen LogP contribution < -0.4 is 4.74 Å². The highest BCUT2D eigenvalue weighted by Crippen LogP contribution is 2.40. The summed E-state index contributed by atoms with van der Waals surface area (Å²) in [7, 11) is 0.